The third-order valence-electron chi connectivity index (χ3n) is 4.51. The van der Waals surface area contributed by atoms with E-state index in [-0.39, 0.29) is 18.1 Å². The predicted molar refractivity (Wildman–Crippen MR) is 108 cm³/mol. The SMILES string of the molecule is Cc1c(C(=O)NCCCOC(C)C)sc2ncnc(NC[C@@H]3CCCO3)c12. The number of nitrogens with one attached hydrogen (secondary N) is 2. The van der Waals surface area contributed by atoms with Crippen molar-refractivity contribution < 1.29 is 14.3 Å². The van der Waals surface area contributed by atoms with Gasteiger partial charge in [-0.2, -0.15) is 0 Å². The summed E-state index contributed by atoms with van der Waals surface area (Å²) in [5.74, 6) is 0.707. The molecule has 1 aliphatic rings. The molecule has 0 aromatic carbocycles. The summed E-state index contributed by atoms with van der Waals surface area (Å²) in [7, 11) is 0. The van der Waals surface area contributed by atoms with E-state index < -0.39 is 0 Å². The second kappa shape index (κ2) is 9.43. The Bertz CT molecular complexity index is 772. The third kappa shape index (κ3) is 5.15. The first kappa shape index (κ1) is 20.0. The summed E-state index contributed by atoms with van der Waals surface area (Å²) in [6.45, 7) is 8.75. The average Bonchev–Trinajstić information content (AvgIpc) is 3.27. The second-order valence-corrected chi connectivity index (χ2v) is 8.00. The number of carbonyl (C=O) groups excluding carboxylic acids is 1. The Morgan fingerprint density at radius 3 is 3.04 bits per heavy atom. The first-order valence-electron chi connectivity index (χ1n) is 9.55. The molecule has 148 valence electrons. The van der Waals surface area contributed by atoms with E-state index in [9.17, 15) is 4.79 Å². The van der Waals surface area contributed by atoms with Crippen LogP contribution in [0.4, 0.5) is 5.82 Å². The van der Waals surface area contributed by atoms with Crippen molar-refractivity contribution in [2.45, 2.75) is 52.2 Å². The molecule has 3 heterocycles. The Balaban J connectivity index is 1.65. The van der Waals surface area contributed by atoms with Crippen LogP contribution in [0.25, 0.3) is 10.2 Å². The van der Waals surface area contributed by atoms with E-state index in [4.69, 9.17) is 9.47 Å². The summed E-state index contributed by atoms with van der Waals surface area (Å²) in [6.07, 6.45) is 4.95. The topological polar surface area (TPSA) is 85.4 Å². The number of fused-ring (bicyclic) bond motifs is 1. The first-order chi connectivity index (χ1) is 13.1. The maximum atomic E-state index is 12.6. The van der Waals surface area contributed by atoms with E-state index in [0.29, 0.717) is 18.0 Å². The van der Waals surface area contributed by atoms with Gasteiger partial charge in [-0.3, -0.25) is 4.79 Å². The number of hydrogen-bond acceptors (Lipinski definition) is 7. The van der Waals surface area contributed by atoms with Crippen molar-refractivity contribution in [3.8, 4) is 0 Å². The largest absolute Gasteiger partial charge is 0.379 e. The molecule has 1 aliphatic heterocycles. The van der Waals surface area contributed by atoms with Gasteiger partial charge in [0.2, 0.25) is 0 Å². The normalized spacial score (nSPS) is 17.0. The number of carbonyl (C=O) groups is 1. The van der Waals surface area contributed by atoms with Gasteiger partial charge < -0.3 is 20.1 Å². The number of anilines is 1. The summed E-state index contributed by atoms with van der Waals surface area (Å²) in [5.41, 5.74) is 0.918. The van der Waals surface area contributed by atoms with Gasteiger partial charge in [0.1, 0.15) is 17.0 Å². The van der Waals surface area contributed by atoms with Crippen LogP contribution >= 0.6 is 11.3 Å². The summed E-state index contributed by atoms with van der Waals surface area (Å²) < 4.78 is 11.2. The van der Waals surface area contributed by atoms with Crippen molar-refractivity contribution in [1.82, 2.24) is 15.3 Å². The van der Waals surface area contributed by atoms with Crippen molar-refractivity contribution in [3.05, 3.63) is 16.8 Å². The molecule has 0 saturated carbocycles. The van der Waals surface area contributed by atoms with Crippen molar-refractivity contribution in [2.24, 2.45) is 0 Å². The predicted octanol–water partition coefficient (Wildman–Crippen LogP) is 3.14. The van der Waals surface area contributed by atoms with Gasteiger partial charge in [0.15, 0.2) is 0 Å². The molecule has 1 atom stereocenters. The number of rotatable bonds is 9. The maximum Gasteiger partial charge on any atom is 0.261 e. The zero-order valence-electron chi connectivity index (χ0n) is 16.2. The lowest BCUT2D eigenvalue weighted by Crippen LogP contribution is -2.25. The molecule has 7 nitrogen and oxygen atoms in total. The van der Waals surface area contributed by atoms with Crippen LogP contribution in [-0.2, 0) is 9.47 Å². The smallest absolute Gasteiger partial charge is 0.261 e. The van der Waals surface area contributed by atoms with Crippen LogP contribution < -0.4 is 10.6 Å². The van der Waals surface area contributed by atoms with Crippen molar-refractivity contribution in [2.75, 3.05) is 31.6 Å². The van der Waals surface area contributed by atoms with Crippen LogP contribution in [0.1, 0.15) is 48.3 Å². The molecule has 1 saturated heterocycles. The zero-order chi connectivity index (χ0) is 19.2. The molecule has 2 aromatic heterocycles. The number of hydrogen-bond donors (Lipinski definition) is 2. The van der Waals surface area contributed by atoms with Gasteiger partial charge in [-0.1, -0.05) is 0 Å². The van der Waals surface area contributed by atoms with Gasteiger partial charge in [-0.05, 0) is 45.6 Å². The van der Waals surface area contributed by atoms with E-state index in [0.717, 1.165) is 54.0 Å². The van der Waals surface area contributed by atoms with Crippen LogP contribution in [0.3, 0.4) is 0 Å². The van der Waals surface area contributed by atoms with Crippen LogP contribution in [-0.4, -0.2) is 54.4 Å². The highest BCUT2D eigenvalue weighted by Crippen LogP contribution is 2.33. The fourth-order valence-corrected chi connectivity index (χ4v) is 4.18. The number of aryl methyl sites for hydroxylation is 1. The van der Waals surface area contributed by atoms with Crippen LogP contribution in [0.15, 0.2) is 6.33 Å². The lowest BCUT2D eigenvalue weighted by molar-refractivity contribution is 0.0757. The minimum Gasteiger partial charge on any atom is -0.379 e. The highest BCUT2D eigenvalue weighted by molar-refractivity contribution is 7.20. The molecule has 1 amide bonds. The molecule has 0 aliphatic carbocycles. The molecule has 2 aromatic rings. The molecular formula is C19H28N4O3S. The standard InChI is InChI=1S/C19H28N4O3S/c1-12(2)25-9-5-7-20-18(24)16-13(3)15-17(22-11-23-19(15)27-16)21-10-14-6-4-8-26-14/h11-12,14H,4-10H2,1-3H3,(H,20,24)(H,21,22,23)/t14-/m0/s1. The molecule has 27 heavy (non-hydrogen) atoms. The molecule has 2 N–H and O–H groups in total. The Kier molecular flexibility index (Phi) is 6.98. The Hall–Kier alpha value is -1.77. The molecule has 0 unspecified atom stereocenters. The highest BCUT2D eigenvalue weighted by Gasteiger charge is 2.20. The van der Waals surface area contributed by atoms with E-state index in [1.807, 2.05) is 20.8 Å². The zero-order valence-corrected chi connectivity index (χ0v) is 17.0. The highest BCUT2D eigenvalue weighted by atomic mass is 32.1. The number of nitrogens with zero attached hydrogens (tertiary/aromatic N) is 2. The monoisotopic (exact) mass is 392 g/mol. The fourth-order valence-electron chi connectivity index (χ4n) is 3.11. The minimum atomic E-state index is -0.0647. The molecule has 0 radical (unpaired) electrons. The van der Waals surface area contributed by atoms with Gasteiger partial charge in [-0.15, -0.1) is 11.3 Å². The molecule has 8 heteroatoms. The molecule has 0 spiro atoms. The van der Waals surface area contributed by atoms with E-state index >= 15 is 0 Å². The number of aromatic nitrogens is 2. The summed E-state index contributed by atoms with van der Waals surface area (Å²) in [5, 5.41) is 7.27. The Labute approximate surface area is 163 Å². The minimum absolute atomic E-state index is 0.0647. The molecular weight excluding hydrogens is 364 g/mol. The number of amides is 1. The second-order valence-electron chi connectivity index (χ2n) is 7.00. The van der Waals surface area contributed by atoms with Crippen molar-refractivity contribution in [1.29, 1.82) is 0 Å². The number of thiophene rings is 1. The molecule has 3 rings (SSSR count). The summed E-state index contributed by atoms with van der Waals surface area (Å²) in [4.78, 5) is 22.8. The van der Waals surface area contributed by atoms with Crippen molar-refractivity contribution in [3.63, 3.8) is 0 Å². The van der Waals surface area contributed by atoms with Crippen LogP contribution in [0.2, 0.25) is 0 Å². The van der Waals surface area contributed by atoms with Gasteiger partial charge in [0.05, 0.1) is 22.5 Å². The fraction of sp³-hybridized carbons (Fsp3) is 0.632. The van der Waals surface area contributed by atoms with Crippen LogP contribution in [0.5, 0.6) is 0 Å². The van der Waals surface area contributed by atoms with E-state index in [2.05, 4.69) is 20.6 Å². The quantitative estimate of drug-likeness (QED) is 0.638. The third-order valence-corrected chi connectivity index (χ3v) is 5.71. The van der Waals surface area contributed by atoms with E-state index in [1.165, 1.54) is 11.3 Å². The Morgan fingerprint density at radius 2 is 2.30 bits per heavy atom. The number of ether oxygens (including phenoxy) is 2. The molecule has 0 bridgehead atoms. The van der Waals surface area contributed by atoms with Gasteiger partial charge in [0, 0.05) is 26.3 Å². The van der Waals surface area contributed by atoms with Gasteiger partial charge in [0.25, 0.3) is 5.91 Å². The van der Waals surface area contributed by atoms with Crippen LogP contribution in [0, 0.1) is 6.92 Å². The maximum absolute atomic E-state index is 12.6. The van der Waals surface area contributed by atoms with Gasteiger partial charge >= 0.3 is 0 Å². The summed E-state index contributed by atoms with van der Waals surface area (Å²) in [6, 6.07) is 0. The first-order valence-corrected chi connectivity index (χ1v) is 10.4. The average molecular weight is 393 g/mol. The lowest BCUT2D eigenvalue weighted by atomic mass is 10.2. The summed E-state index contributed by atoms with van der Waals surface area (Å²) >= 11 is 1.41. The van der Waals surface area contributed by atoms with E-state index in [1.54, 1.807) is 6.33 Å². The molecule has 1 fully saturated rings. The van der Waals surface area contributed by atoms with Gasteiger partial charge in [-0.25, -0.2) is 9.97 Å². The Morgan fingerprint density at radius 1 is 1.44 bits per heavy atom. The van der Waals surface area contributed by atoms with Crippen molar-refractivity contribution >= 4 is 33.3 Å². The lowest BCUT2D eigenvalue weighted by Gasteiger charge is -2.12.